The summed E-state index contributed by atoms with van der Waals surface area (Å²) < 4.78 is 19.0. The summed E-state index contributed by atoms with van der Waals surface area (Å²) in [7, 11) is 1.75. The van der Waals surface area contributed by atoms with Crippen LogP contribution >= 0.6 is 0 Å². The normalized spacial score (nSPS) is 21.1. The van der Waals surface area contributed by atoms with Crippen LogP contribution in [0.1, 0.15) is 6.92 Å². The standard InChI is InChI=1S/C14H18FN3O3/c1-8(19)17-9-3-4-11(15)12(5-9)18-14(20)10-6-21-7-13(10)16-2/h3-5,10,13,16H,6-7H2,1-2H3,(H,17,19)(H,18,20). The summed E-state index contributed by atoms with van der Waals surface area (Å²) in [5.74, 6) is -1.51. The molecule has 1 heterocycles. The Kier molecular flexibility index (Phi) is 4.87. The highest BCUT2D eigenvalue weighted by Crippen LogP contribution is 2.22. The molecule has 0 aliphatic carbocycles. The maximum Gasteiger partial charge on any atom is 0.231 e. The van der Waals surface area contributed by atoms with E-state index in [9.17, 15) is 14.0 Å². The second kappa shape index (κ2) is 6.64. The third-order valence-electron chi connectivity index (χ3n) is 3.33. The molecule has 2 unspecified atom stereocenters. The molecule has 1 aliphatic rings. The lowest BCUT2D eigenvalue weighted by Gasteiger charge is -2.17. The Balaban J connectivity index is 2.11. The number of amides is 2. The third-order valence-corrected chi connectivity index (χ3v) is 3.33. The van der Waals surface area contributed by atoms with Crippen molar-refractivity contribution in [1.82, 2.24) is 5.32 Å². The van der Waals surface area contributed by atoms with E-state index in [1.165, 1.54) is 25.1 Å². The first-order valence-electron chi connectivity index (χ1n) is 6.64. The first-order valence-corrected chi connectivity index (χ1v) is 6.64. The highest BCUT2D eigenvalue weighted by Gasteiger charge is 2.33. The van der Waals surface area contributed by atoms with E-state index >= 15 is 0 Å². The van der Waals surface area contributed by atoms with E-state index in [1.807, 2.05) is 0 Å². The van der Waals surface area contributed by atoms with Gasteiger partial charge in [-0.15, -0.1) is 0 Å². The minimum atomic E-state index is -0.558. The van der Waals surface area contributed by atoms with Crippen LogP contribution in [0.25, 0.3) is 0 Å². The molecule has 0 aromatic heterocycles. The van der Waals surface area contributed by atoms with E-state index in [0.29, 0.717) is 18.9 Å². The van der Waals surface area contributed by atoms with Crippen LogP contribution < -0.4 is 16.0 Å². The van der Waals surface area contributed by atoms with Crippen molar-refractivity contribution in [3.05, 3.63) is 24.0 Å². The van der Waals surface area contributed by atoms with Crippen LogP contribution in [-0.2, 0) is 14.3 Å². The van der Waals surface area contributed by atoms with Gasteiger partial charge in [-0.2, -0.15) is 0 Å². The van der Waals surface area contributed by atoms with Gasteiger partial charge in [0.25, 0.3) is 0 Å². The summed E-state index contributed by atoms with van der Waals surface area (Å²) in [6, 6.07) is 3.92. The Hall–Kier alpha value is -1.99. The second-order valence-electron chi connectivity index (χ2n) is 4.90. The molecule has 6 nitrogen and oxygen atoms in total. The molecule has 2 amide bonds. The molecule has 0 radical (unpaired) electrons. The Labute approximate surface area is 122 Å². The fraction of sp³-hybridized carbons (Fsp3) is 0.429. The van der Waals surface area contributed by atoms with Crippen molar-refractivity contribution in [3.8, 4) is 0 Å². The van der Waals surface area contributed by atoms with Gasteiger partial charge in [-0.25, -0.2) is 4.39 Å². The average Bonchev–Trinajstić information content (AvgIpc) is 2.90. The Bertz CT molecular complexity index is 550. The lowest BCUT2D eigenvalue weighted by atomic mass is 10.0. The third kappa shape index (κ3) is 3.77. The topological polar surface area (TPSA) is 79.5 Å². The number of nitrogens with one attached hydrogen (secondary N) is 3. The molecule has 1 aromatic carbocycles. The molecule has 1 aromatic rings. The zero-order valence-electron chi connectivity index (χ0n) is 11.9. The monoisotopic (exact) mass is 295 g/mol. The Morgan fingerprint density at radius 2 is 2.05 bits per heavy atom. The number of anilines is 2. The highest BCUT2D eigenvalue weighted by molar-refractivity contribution is 5.95. The highest BCUT2D eigenvalue weighted by atomic mass is 19.1. The SMILES string of the molecule is CNC1COCC1C(=O)Nc1cc(NC(C)=O)ccc1F. The predicted octanol–water partition coefficient (Wildman–Crippen LogP) is 0.957. The molecular formula is C14H18FN3O3. The molecule has 1 aliphatic heterocycles. The molecule has 3 N–H and O–H groups in total. The summed E-state index contributed by atoms with van der Waals surface area (Å²) in [5.41, 5.74) is 0.458. The van der Waals surface area contributed by atoms with Crippen LogP contribution in [0.2, 0.25) is 0 Å². The Morgan fingerprint density at radius 3 is 2.71 bits per heavy atom. The van der Waals surface area contributed by atoms with Crippen LogP contribution in [0.3, 0.4) is 0 Å². The lowest BCUT2D eigenvalue weighted by molar-refractivity contribution is -0.120. The maximum atomic E-state index is 13.8. The van der Waals surface area contributed by atoms with Gasteiger partial charge in [0.05, 0.1) is 24.8 Å². The van der Waals surface area contributed by atoms with E-state index in [1.54, 1.807) is 7.05 Å². The van der Waals surface area contributed by atoms with Gasteiger partial charge in [-0.05, 0) is 25.2 Å². The molecule has 1 saturated heterocycles. The maximum absolute atomic E-state index is 13.8. The summed E-state index contributed by atoms with van der Waals surface area (Å²) >= 11 is 0. The van der Waals surface area contributed by atoms with Crippen LogP contribution in [0.5, 0.6) is 0 Å². The number of hydrogen-bond acceptors (Lipinski definition) is 4. The molecule has 0 spiro atoms. The largest absolute Gasteiger partial charge is 0.379 e. The number of rotatable bonds is 4. The molecule has 2 rings (SSSR count). The number of halogens is 1. The summed E-state index contributed by atoms with van der Waals surface area (Å²) in [6.07, 6.45) is 0. The summed E-state index contributed by atoms with van der Waals surface area (Å²) in [6.45, 7) is 2.10. The number of carbonyl (C=O) groups is 2. The first kappa shape index (κ1) is 15.4. The van der Waals surface area contributed by atoms with Gasteiger partial charge in [0.2, 0.25) is 11.8 Å². The molecule has 1 fully saturated rings. The van der Waals surface area contributed by atoms with Crippen molar-refractivity contribution in [2.45, 2.75) is 13.0 Å². The molecule has 114 valence electrons. The van der Waals surface area contributed by atoms with Gasteiger partial charge in [-0.1, -0.05) is 0 Å². The number of carbonyl (C=O) groups excluding carboxylic acids is 2. The summed E-state index contributed by atoms with van der Waals surface area (Å²) in [4.78, 5) is 23.2. The molecule has 7 heteroatoms. The van der Waals surface area contributed by atoms with Gasteiger partial charge < -0.3 is 20.7 Å². The van der Waals surface area contributed by atoms with Crippen molar-refractivity contribution in [1.29, 1.82) is 0 Å². The van der Waals surface area contributed by atoms with E-state index < -0.39 is 5.82 Å². The first-order chi connectivity index (χ1) is 10.0. The van der Waals surface area contributed by atoms with E-state index in [4.69, 9.17) is 4.74 Å². The van der Waals surface area contributed by atoms with Gasteiger partial charge in [0, 0.05) is 18.7 Å². The van der Waals surface area contributed by atoms with Crippen LogP contribution in [0.15, 0.2) is 18.2 Å². The summed E-state index contributed by atoms with van der Waals surface area (Å²) in [5, 5.41) is 8.08. The van der Waals surface area contributed by atoms with E-state index in [-0.39, 0.29) is 29.5 Å². The van der Waals surface area contributed by atoms with Gasteiger partial charge in [-0.3, -0.25) is 9.59 Å². The van der Waals surface area contributed by atoms with Crippen molar-refractivity contribution < 1.29 is 18.7 Å². The second-order valence-corrected chi connectivity index (χ2v) is 4.90. The van der Waals surface area contributed by atoms with Crippen molar-refractivity contribution in [2.75, 3.05) is 30.9 Å². The molecule has 2 atom stereocenters. The van der Waals surface area contributed by atoms with Crippen molar-refractivity contribution >= 4 is 23.2 Å². The zero-order chi connectivity index (χ0) is 15.4. The zero-order valence-corrected chi connectivity index (χ0v) is 11.9. The van der Waals surface area contributed by atoms with Crippen LogP contribution in [0.4, 0.5) is 15.8 Å². The fourth-order valence-electron chi connectivity index (χ4n) is 2.22. The van der Waals surface area contributed by atoms with Crippen molar-refractivity contribution in [2.24, 2.45) is 5.92 Å². The average molecular weight is 295 g/mol. The van der Waals surface area contributed by atoms with Crippen molar-refractivity contribution in [3.63, 3.8) is 0 Å². The quantitative estimate of drug-likeness (QED) is 0.773. The lowest BCUT2D eigenvalue weighted by Crippen LogP contribution is -2.39. The smallest absolute Gasteiger partial charge is 0.231 e. The number of likely N-dealkylation sites (N-methyl/N-ethyl adjacent to an activating group) is 1. The van der Waals surface area contributed by atoms with E-state index in [0.717, 1.165) is 0 Å². The van der Waals surface area contributed by atoms with E-state index in [2.05, 4.69) is 16.0 Å². The molecule has 0 saturated carbocycles. The molecular weight excluding hydrogens is 277 g/mol. The van der Waals surface area contributed by atoms with Gasteiger partial charge in [0.1, 0.15) is 5.82 Å². The fourth-order valence-corrected chi connectivity index (χ4v) is 2.22. The minimum absolute atomic E-state index is 0.0352. The minimum Gasteiger partial charge on any atom is -0.379 e. The van der Waals surface area contributed by atoms with Crippen LogP contribution in [-0.4, -0.2) is 38.1 Å². The van der Waals surface area contributed by atoms with Gasteiger partial charge >= 0.3 is 0 Å². The number of hydrogen-bond donors (Lipinski definition) is 3. The Morgan fingerprint density at radius 1 is 1.29 bits per heavy atom. The predicted molar refractivity (Wildman–Crippen MR) is 76.5 cm³/mol. The molecule has 21 heavy (non-hydrogen) atoms. The van der Waals surface area contributed by atoms with Gasteiger partial charge in [0.15, 0.2) is 0 Å². The number of ether oxygens (including phenoxy) is 1. The number of benzene rings is 1. The molecule has 0 bridgehead atoms. The van der Waals surface area contributed by atoms with Crippen LogP contribution in [0, 0.1) is 11.7 Å².